The number of rotatable bonds is 2. The molecule has 0 fully saturated rings. The zero-order chi connectivity index (χ0) is 15.6. The Morgan fingerprint density at radius 1 is 1.29 bits per heavy atom. The number of benzene rings is 1. The standard InChI is InChI=1S/C13H9BrF3N3O/c14-9-2-1-5-19-11(9)12(21)20-10-4-3-7(18)6-8(10)13(15,16)17/h1-6H,18H2,(H,20,21). The van der Waals surface area contributed by atoms with Crippen LogP contribution in [-0.4, -0.2) is 10.9 Å². The summed E-state index contributed by atoms with van der Waals surface area (Å²) in [6.45, 7) is 0. The Labute approximate surface area is 126 Å². The molecule has 8 heteroatoms. The van der Waals surface area contributed by atoms with Gasteiger partial charge in [-0.15, -0.1) is 0 Å². The van der Waals surface area contributed by atoms with Crippen molar-refractivity contribution in [2.45, 2.75) is 6.18 Å². The van der Waals surface area contributed by atoms with Crippen LogP contribution in [0.15, 0.2) is 41.0 Å². The van der Waals surface area contributed by atoms with Gasteiger partial charge in [0, 0.05) is 16.4 Å². The Morgan fingerprint density at radius 3 is 2.62 bits per heavy atom. The molecule has 0 atom stereocenters. The van der Waals surface area contributed by atoms with Crippen LogP contribution < -0.4 is 11.1 Å². The number of halogens is 4. The minimum atomic E-state index is -4.63. The lowest BCUT2D eigenvalue weighted by Gasteiger charge is -2.14. The Balaban J connectivity index is 2.36. The minimum absolute atomic E-state index is 0.0116. The number of hydrogen-bond acceptors (Lipinski definition) is 3. The van der Waals surface area contributed by atoms with Crippen molar-refractivity contribution in [2.24, 2.45) is 0 Å². The molecule has 0 unspecified atom stereocenters. The first kappa shape index (κ1) is 15.3. The van der Waals surface area contributed by atoms with E-state index in [0.717, 1.165) is 12.1 Å². The van der Waals surface area contributed by atoms with Crippen molar-refractivity contribution in [1.82, 2.24) is 4.98 Å². The molecule has 110 valence electrons. The number of nitrogens with one attached hydrogen (secondary N) is 1. The molecule has 0 spiro atoms. The highest BCUT2D eigenvalue weighted by atomic mass is 79.9. The number of carbonyl (C=O) groups excluding carboxylic acids is 1. The van der Waals surface area contributed by atoms with E-state index in [1.165, 1.54) is 12.3 Å². The van der Waals surface area contributed by atoms with Gasteiger partial charge in [0.05, 0.1) is 11.3 Å². The van der Waals surface area contributed by atoms with Crippen LogP contribution in [0.1, 0.15) is 16.1 Å². The molecule has 0 saturated heterocycles. The summed E-state index contributed by atoms with van der Waals surface area (Å²) in [4.78, 5) is 15.8. The average Bonchev–Trinajstić information content (AvgIpc) is 2.40. The highest BCUT2D eigenvalue weighted by Crippen LogP contribution is 2.36. The van der Waals surface area contributed by atoms with Crippen LogP contribution in [0.3, 0.4) is 0 Å². The quantitative estimate of drug-likeness (QED) is 0.803. The zero-order valence-electron chi connectivity index (χ0n) is 10.4. The van der Waals surface area contributed by atoms with Crippen LogP contribution >= 0.6 is 15.9 Å². The molecule has 0 aliphatic heterocycles. The Hall–Kier alpha value is -2.09. The van der Waals surface area contributed by atoms with E-state index in [1.54, 1.807) is 12.1 Å². The third-order valence-electron chi connectivity index (χ3n) is 2.57. The van der Waals surface area contributed by atoms with Gasteiger partial charge in [0.15, 0.2) is 0 Å². The zero-order valence-corrected chi connectivity index (χ0v) is 12.0. The van der Waals surface area contributed by atoms with Crippen molar-refractivity contribution in [3.8, 4) is 0 Å². The van der Waals surface area contributed by atoms with E-state index >= 15 is 0 Å². The summed E-state index contributed by atoms with van der Waals surface area (Å²) in [6, 6.07) is 6.30. The number of amides is 1. The second kappa shape index (κ2) is 5.72. The van der Waals surface area contributed by atoms with Crippen LogP contribution in [-0.2, 0) is 6.18 Å². The lowest BCUT2D eigenvalue weighted by atomic mass is 10.1. The first-order valence-electron chi connectivity index (χ1n) is 5.67. The molecular formula is C13H9BrF3N3O. The minimum Gasteiger partial charge on any atom is -0.399 e. The molecule has 1 heterocycles. The molecule has 0 saturated carbocycles. The molecule has 0 aliphatic rings. The van der Waals surface area contributed by atoms with Gasteiger partial charge in [0.2, 0.25) is 0 Å². The number of pyridine rings is 1. The summed E-state index contributed by atoms with van der Waals surface area (Å²) < 4.78 is 39.2. The summed E-state index contributed by atoms with van der Waals surface area (Å²) in [7, 11) is 0. The Morgan fingerprint density at radius 2 is 2.00 bits per heavy atom. The predicted octanol–water partition coefficient (Wildman–Crippen LogP) is 3.70. The van der Waals surface area contributed by atoms with Gasteiger partial charge in [-0.05, 0) is 46.3 Å². The van der Waals surface area contributed by atoms with Crippen molar-refractivity contribution < 1.29 is 18.0 Å². The van der Waals surface area contributed by atoms with Crippen LogP contribution in [0.5, 0.6) is 0 Å². The van der Waals surface area contributed by atoms with E-state index in [0.29, 0.717) is 4.47 Å². The molecular weight excluding hydrogens is 351 g/mol. The maximum atomic E-state index is 12.9. The number of carbonyl (C=O) groups is 1. The van der Waals surface area contributed by atoms with E-state index in [9.17, 15) is 18.0 Å². The molecule has 4 nitrogen and oxygen atoms in total. The van der Waals surface area contributed by atoms with Crippen molar-refractivity contribution in [2.75, 3.05) is 11.1 Å². The fourth-order valence-electron chi connectivity index (χ4n) is 1.64. The number of nitrogens with zero attached hydrogens (tertiary/aromatic N) is 1. The number of anilines is 2. The monoisotopic (exact) mass is 359 g/mol. The molecule has 2 aromatic rings. The van der Waals surface area contributed by atoms with Crippen molar-refractivity contribution in [3.05, 3.63) is 52.3 Å². The molecule has 3 N–H and O–H groups in total. The lowest BCUT2D eigenvalue weighted by Crippen LogP contribution is -2.18. The van der Waals surface area contributed by atoms with Crippen molar-refractivity contribution in [3.63, 3.8) is 0 Å². The number of alkyl halides is 3. The van der Waals surface area contributed by atoms with E-state index in [2.05, 4.69) is 26.2 Å². The molecule has 1 amide bonds. The summed E-state index contributed by atoms with van der Waals surface area (Å²) in [6.07, 6.45) is -3.26. The summed E-state index contributed by atoms with van der Waals surface area (Å²) in [5.41, 5.74) is 3.92. The van der Waals surface area contributed by atoms with Crippen LogP contribution in [0.25, 0.3) is 0 Å². The lowest BCUT2D eigenvalue weighted by molar-refractivity contribution is -0.136. The first-order valence-corrected chi connectivity index (χ1v) is 6.47. The van der Waals surface area contributed by atoms with E-state index in [1.807, 2.05) is 0 Å². The SMILES string of the molecule is Nc1ccc(NC(=O)c2ncccc2Br)c(C(F)(F)F)c1. The van der Waals surface area contributed by atoms with Gasteiger partial charge in [-0.25, -0.2) is 4.98 Å². The first-order chi connectivity index (χ1) is 9.79. The molecule has 0 aliphatic carbocycles. The molecule has 0 bridgehead atoms. The normalized spacial score (nSPS) is 11.2. The summed E-state index contributed by atoms with van der Waals surface area (Å²) in [5.74, 6) is -0.752. The molecule has 21 heavy (non-hydrogen) atoms. The second-order valence-corrected chi connectivity index (χ2v) is 4.95. The number of hydrogen-bond donors (Lipinski definition) is 2. The second-order valence-electron chi connectivity index (χ2n) is 4.09. The molecule has 1 aromatic heterocycles. The van der Waals surface area contributed by atoms with Gasteiger partial charge in [-0.1, -0.05) is 0 Å². The summed E-state index contributed by atoms with van der Waals surface area (Å²) >= 11 is 3.11. The van der Waals surface area contributed by atoms with Gasteiger partial charge in [-0.2, -0.15) is 13.2 Å². The Bertz CT molecular complexity index is 689. The van der Waals surface area contributed by atoms with E-state index < -0.39 is 17.6 Å². The third-order valence-corrected chi connectivity index (χ3v) is 3.21. The maximum Gasteiger partial charge on any atom is 0.418 e. The average molecular weight is 360 g/mol. The fourth-order valence-corrected chi connectivity index (χ4v) is 2.07. The van der Waals surface area contributed by atoms with E-state index in [-0.39, 0.29) is 17.1 Å². The molecule has 1 aromatic carbocycles. The molecule has 2 rings (SSSR count). The smallest absolute Gasteiger partial charge is 0.399 e. The maximum absolute atomic E-state index is 12.9. The van der Waals surface area contributed by atoms with Crippen molar-refractivity contribution >= 4 is 33.2 Å². The fraction of sp³-hybridized carbons (Fsp3) is 0.0769. The van der Waals surface area contributed by atoms with Crippen LogP contribution in [0.2, 0.25) is 0 Å². The van der Waals surface area contributed by atoms with E-state index in [4.69, 9.17) is 5.73 Å². The van der Waals surface area contributed by atoms with Gasteiger partial charge in [0.25, 0.3) is 5.91 Å². The highest BCUT2D eigenvalue weighted by Gasteiger charge is 2.34. The number of nitrogens with two attached hydrogens (primary N) is 1. The molecule has 0 radical (unpaired) electrons. The highest BCUT2D eigenvalue weighted by molar-refractivity contribution is 9.10. The van der Waals surface area contributed by atoms with Gasteiger partial charge in [-0.3, -0.25) is 4.79 Å². The summed E-state index contributed by atoms with van der Waals surface area (Å²) in [5, 5.41) is 2.19. The third kappa shape index (κ3) is 3.52. The number of aromatic nitrogens is 1. The Kier molecular flexibility index (Phi) is 4.17. The largest absolute Gasteiger partial charge is 0.418 e. The van der Waals surface area contributed by atoms with Gasteiger partial charge >= 0.3 is 6.18 Å². The predicted molar refractivity (Wildman–Crippen MR) is 75.7 cm³/mol. The number of nitrogen functional groups attached to an aromatic ring is 1. The van der Waals surface area contributed by atoms with Crippen LogP contribution in [0.4, 0.5) is 24.5 Å². The van der Waals surface area contributed by atoms with Gasteiger partial charge < -0.3 is 11.1 Å². The topological polar surface area (TPSA) is 68.0 Å². The van der Waals surface area contributed by atoms with Crippen molar-refractivity contribution in [1.29, 1.82) is 0 Å². The van der Waals surface area contributed by atoms with Gasteiger partial charge in [0.1, 0.15) is 5.69 Å². The van der Waals surface area contributed by atoms with Crippen LogP contribution in [0, 0.1) is 0 Å².